The molecule has 0 spiro atoms. The monoisotopic (exact) mass is 280 g/mol. The summed E-state index contributed by atoms with van der Waals surface area (Å²) < 4.78 is 27.5. The molecule has 3 nitrogen and oxygen atoms in total. The number of rotatable bonds is 6. The van der Waals surface area contributed by atoms with E-state index >= 15 is 0 Å². The van der Waals surface area contributed by atoms with Gasteiger partial charge in [0, 0.05) is 0 Å². The summed E-state index contributed by atoms with van der Waals surface area (Å²) in [6.07, 6.45) is 3.64. The Hall–Kier alpha value is -1.29. The van der Waals surface area contributed by atoms with Crippen molar-refractivity contribution in [3.05, 3.63) is 42.2 Å². The molecule has 1 fully saturated rings. The fraction of sp³-hybridized carbons (Fsp3) is 0.467. The first-order chi connectivity index (χ1) is 9.07. The summed E-state index contributed by atoms with van der Waals surface area (Å²) in [7, 11) is -2.68. The first kappa shape index (κ1) is 14.1. The minimum absolute atomic E-state index is 0.354. The predicted molar refractivity (Wildman–Crippen MR) is 77.4 cm³/mol. The van der Waals surface area contributed by atoms with E-state index in [4.69, 9.17) is 4.74 Å². The lowest BCUT2D eigenvalue weighted by molar-refractivity contribution is 0.236. The van der Waals surface area contributed by atoms with Gasteiger partial charge in [-0.05, 0) is 36.8 Å². The zero-order valence-corrected chi connectivity index (χ0v) is 12.0. The van der Waals surface area contributed by atoms with Crippen molar-refractivity contribution in [2.75, 3.05) is 18.1 Å². The van der Waals surface area contributed by atoms with Crippen LogP contribution in [-0.4, -0.2) is 26.5 Å². The van der Waals surface area contributed by atoms with E-state index in [9.17, 15) is 8.42 Å². The van der Waals surface area contributed by atoms with Crippen molar-refractivity contribution in [1.29, 1.82) is 0 Å². The number of hydrogen-bond donors (Lipinski definition) is 0. The maximum atomic E-state index is 11.0. The minimum Gasteiger partial charge on any atom is -0.501 e. The van der Waals surface area contributed by atoms with Crippen molar-refractivity contribution < 1.29 is 13.2 Å². The average Bonchev–Trinajstić information content (AvgIpc) is 2.37. The Morgan fingerprint density at radius 2 is 2.00 bits per heavy atom. The van der Waals surface area contributed by atoms with Crippen molar-refractivity contribution >= 4 is 15.4 Å². The molecular weight excluding hydrogens is 260 g/mol. The van der Waals surface area contributed by atoms with Crippen LogP contribution in [0.15, 0.2) is 36.6 Å². The van der Waals surface area contributed by atoms with Crippen LogP contribution < -0.4 is 0 Å². The third kappa shape index (κ3) is 4.39. The van der Waals surface area contributed by atoms with Gasteiger partial charge >= 0.3 is 0 Å². The summed E-state index contributed by atoms with van der Waals surface area (Å²) in [5.74, 6) is 1.09. The van der Waals surface area contributed by atoms with Gasteiger partial charge in [0.1, 0.15) is 0 Å². The highest BCUT2D eigenvalue weighted by Gasteiger charge is 2.32. The van der Waals surface area contributed by atoms with Gasteiger partial charge in [-0.1, -0.05) is 30.3 Å². The van der Waals surface area contributed by atoms with Gasteiger partial charge in [-0.25, -0.2) is 8.42 Å². The molecule has 1 aromatic rings. The van der Waals surface area contributed by atoms with Gasteiger partial charge in [-0.15, -0.1) is 0 Å². The maximum Gasteiger partial charge on any atom is 0.150 e. The molecule has 0 aromatic heterocycles. The molecule has 1 aliphatic rings. The van der Waals surface area contributed by atoms with Gasteiger partial charge in [0.05, 0.1) is 24.4 Å². The van der Waals surface area contributed by atoms with Crippen molar-refractivity contribution in [2.45, 2.75) is 19.8 Å². The zero-order valence-electron chi connectivity index (χ0n) is 11.2. The van der Waals surface area contributed by atoms with Crippen LogP contribution in [-0.2, 0) is 14.6 Å². The molecule has 0 unspecified atom stereocenters. The fourth-order valence-electron chi connectivity index (χ4n) is 2.24. The van der Waals surface area contributed by atoms with E-state index in [-0.39, 0.29) is 0 Å². The molecule has 1 aromatic carbocycles. The van der Waals surface area contributed by atoms with Gasteiger partial charge in [0.2, 0.25) is 0 Å². The summed E-state index contributed by atoms with van der Waals surface area (Å²) in [4.78, 5) is 0. The van der Waals surface area contributed by atoms with E-state index in [1.165, 1.54) is 0 Å². The van der Waals surface area contributed by atoms with Crippen molar-refractivity contribution in [3.8, 4) is 0 Å². The molecule has 0 radical (unpaired) electrons. The van der Waals surface area contributed by atoms with Crippen LogP contribution in [0.5, 0.6) is 0 Å². The number of hydrogen-bond acceptors (Lipinski definition) is 3. The Bertz CT molecular complexity index is 520. The second kappa shape index (κ2) is 6.24. The number of benzene rings is 1. The quantitative estimate of drug-likeness (QED) is 0.594. The number of ether oxygens (including phenoxy) is 1. The predicted octanol–water partition coefficient (Wildman–Crippen LogP) is 2.89. The first-order valence-electron chi connectivity index (χ1n) is 6.61. The van der Waals surface area contributed by atoms with Crippen LogP contribution >= 0.6 is 0 Å². The normalized spacial score (nSPS) is 18.9. The largest absolute Gasteiger partial charge is 0.501 e. The molecule has 1 saturated heterocycles. The van der Waals surface area contributed by atoms with E-state index in [2.05, 4.69) is 12.1 Å². The molecule has 0 atom stereocenters. The second-order valence-corrected chi connectivity index (χ2v) is 7.28. The highest BCUT2D eigenvalue weighted by Crippen LogP contribution is 2.22. The maximum absolute atomic E-state index is 11.0. The van der Waals surface area contributed by atoms with E-state index in [0.29, 0.717) is 24.0 Å². The van der Waals surface area contributed by atoms with Crippen LogP contribution in [0.2, 0.25) is 0 Å². The smallest absolute Gasteiger partial charge is 0.150 e. The SMILES string of the molecule is C/C(=C/OCCCC1CS(=O)(=O)C1)c1ccccc1. The minimum atomic E-state index is -2.68. The third-order valence-corrected chi connectivity index (χ3v) is 5.30. The Morgan fingerprint density at radius 1 is 1.32 bits per heavy atom. The highest BCUT2D eigenvalue weighted by molar-refractivity contribution is 7.92. The molecular formula is C15H20O3S. The van der Waals surface area contributed by atoms with E-state index < -0.39 is 9.84 Å². The summed E-state index contributed by atoms with van der Waals surface area (Å²) in [6, 6.07) is 10.1. The van der Waals surface area contributed by atoms with Crippen LogP contribution in [0.25, 0.3) is 5.57 Å². The summed E-state index contributed by atoms with van der Waals surface area (Å²) in [5, 5.41) is 0. The van der Waals surface area contributed by atoms with Gasteiger partial charge in [-0.2, -0.15) is 0 Å². The topological polar surface area (TPSA) is 43.4 Å². The van der Waals surface area contributed by atoms with E-state index in [0.717, 1.165) is 24.0 Å². The van der Waals surface area contributed by atoms with Gasteiger partial charge in [0.25, 0.3) is 0 Å². The van der Waals surface area contributed by atoms with Crippen LogP contribution in [0.3, 0.4) is 0 Å². The molecule has 0 saturated carbocycles. The fourth-order valence-corrected chi connectivity index (χ4v) is 3.92. The molecule has 1 aliphatic heterocycles. The van der Waals surface area contributed by atoms with Crippen molar-refractivity contribution in [3.63, 3.8) is 0 Å². The van der Waals surface area contributed by atoms with Crippen LogP contribution in [0.4, 0.5) is 0 Å². The summed E-state index contributed by atoms with van der Waals surface area (Å²) in [6.45, 7) is 2.68. The zero-order chi connectivity index (χ0) is 13.7. The molecule has 0 N–H and O–H groups in total. The molecule has 19 heavy (non-hydrogen) atoms. The lowest BCUT2D eigenvalue weighted by Gasteiger charge is -2.25. The molecule has 0 bridgehead atoms. The van der Waals surface area contributed by atoms with Gasteiger partial charge in [-0.3, -0.25) is 0 Å². The lowest BCUT2D eigenvalue weighted by Crippen LogP contribution is -2.36. The van der Waals surface area contributed by atoms with Crippen molar-refractivity contribution in [2.24, 2.45) is 5.92 Å². The van der Waals surface area contributed by atoms with Crippen molar-refractivity contribution in [1.82, 2.24) is 0 Å². The second-order valence-electron chi connectivity index (χ2n) is 5.12. The highest BCUT2D eigenvalue weighted by atomic mass is 32.2. The van der Waals surface area contributed by atoms with E-state index in [1.807, 2.05) is 25.1 Å². The number of sulfone groups is 1. The Balaban J connectivity index is 1.64. The molecule has 2 rings (SSSR count). The first-order valence-corrected chi connectivity index (χ1v) is 8.43. The Morgan fingerprint density at radius 3 is 2.63 bits per heavy atom. The summed E-state index contributed by atoms with van der Waals surface area (Å²) in [5.41, 5.74) is 2.26. The lowest BCUT2D eigenvalue weighted by atomic mass is 10.1. The molecule has 4 heteroatoms. The van der Waals surface area contributed by atoms with Gasteiger partial charge in [0.15, 0.2) is 9.84 Å². The standard InChI is InChI=1S/C15H20O3S/c1-13(15-7-3-2-4-8-15)10-18-9-5-6-14-11-19(16,17)12-14/h2-4,7-8,10,14H,5-6,9,11-12H2,1H3/b13-10-. The van der Waals surface area contributed by atoms with Crippen LogP contribution in [0, 0.1) is 5.92 Å². The Kier molecular flexibility index (Phi) is 4.64. The number of allylic oxidation sites excluding steroid dienone is 1. The molecule has 0 aliphatic carbocycles. The molecule has 104 valence electrons. The van der Waals surface area contributed by atoms with E-state index in [1.54, 1.807) is 6.26 Å². The third-order valence-electron chi connectivity index (χ3n) is 3.34. The summed E-state index contributed by atoms with van der Waals surface area (Å²) >= 11 is 0. The van der Waals surface area contributed by atoms with Gasteiger partial charge < -0.3 is 4.74 Å². The molecule has 0 amide bonds. The molecule has 1 heterocycles. The average molecular weight is 280 g/mol. The Labute approximate surface area is 115 Å². The van der Waals surface area contributed by atoms with Crippen LogP contribution in [0.1, 0.15) is 25.3 Å².